The fourth-order valence-corrected chi connectivity index (χ4v) is 3.74. The van der Waals surface area contributed by atoms with E-state index in [-0.39, 0.29) is 0 Å². The van der Waals surface area contributed by atoms with E-state index in [2.05, 4.69) is 19.8 Å². The van der Waals surface area contributed by atoms with Crippen LogP contribution in [0.4, 0.5) is 5.95 Å². The molecule has 21 heavy (non-hydrogen) atoms. The van der Waals surface area contributed by atoms with Crippen molar-refractivity contribution in [3.63, 3.8) is 0 Å². The Bertz CT molecular complexity index is 465. The van der Waals surface area contributed by atoms with Crippen molar-refractivity contribution < 1.29 is 0 Å². The molecule has 0 aromatic carbocycles. The zero-order chi connectivity index (χ0) is 14.7. The van der Waals surface area contributed by atoms with Crippen molar-refractivity contribution in [1.29, 1.82) is 0 Å². The highest BCUT2D eigenvalue weighted by molar-refractivity contribution is 6.17. The summed E-state index contributed by atoms with van der Waals surface area (Å²) >= 11 is 5.88. The summed E-state index contributed by atoms with van der Waals surface area (Å²) in [5.74, 6) is 1.36. The Morgan fingerprint density at radius 2 is 1.86 bits per heavy atom. The van der Waals surface area contributed by atoms with Gasteiger partial charge in [0, 0.05) is 36.6 Å². The molecule has 3 rings (SSSR count). The Morgan fingerprint density at radius 1 is 1.14 bits per heavy atom. The predicted molar refractivity (Wildman–Crippen MR) is 87.0 cm³/mol. The zero-order valence-corrected chi connectivity index (χ0v) is 13.6. The van der Waals surface area contributed by atoms with Gasteiger partial charge in [0.05, 0.1) is 5.88 Å². The first-order chi connectivity index (χ1) is 10.3. The molecule has 5 heteroatoms. The molecule has 0 bridgehead atoms. The minimum Gasteiger partial charge on any atom is -0.341 e. The van der Waals surface area contributed by atoms with Gasteiger partial charge in [0.1, 0.15) is 0 Å². The van der Waals surface area contributed by atoms with Crippen LogP contribution in [0.3, 0.4) is 0 Å². The van der Waals surface area contributed by atoms with Gasteiger partial charge >= 0.3 is 0 Å². The van der Waals surface area contributed by atoms with Crippen LogP contribution in [0.25, 0.3) is 0 Å². The number of rotatable bonds is 3. The van der Waals surface area contributed by atoms with Gasteiger partial charge in [0.2, 0.25) is 5.95 Å². The van der Waals surface area contributed by atoms with E-state index in [1.54, 1.807) is 0 Å². The van der Waals surface area contributed by atoms with Gasteiger partial charge in [-0.3, -0.25) is 0 Å². The quantitative estimate of drug-likeness (QED) is 0.804. The van der Waals surface area contributed by atoms with Crippen LogP contribution in [0, 0.1) is 6.92 Å². The minimum absolute atomic E-state index is 0.489. The number of alkyl halides is 1. The van der Waals surface area contributed by atoms with Gasteiger partial charge in [-0.1, -0.05) is 6.42 Å². The van der Waals surface area contributed by atoms with E-state index in [0.29, 0.717) is 5.88 Å². The molecule has 2 fully saturated rings. The summed E-state index contributed by atoms with van der Waals surface area (Å²) in [7, 11) is 0. The van der Waals surface area contributed by atoms with E-state index in [1.165, 1.54) is 45.2 Å². The summed E-state index contributed by atoms with van der Waals surface area (Å²) in [4.78, 5) is 14.1. The van der Waals surface area contributed by atoms with E-state index in [4.69, 9.17) is 11.6 Å². The van der Waals surface area contributed by atoms with Crippen molar-refractivity contribution in [1.82, 2.24) is 14.9 Å². The molecule has 3 heterocycles. The average Bonchev–Trinajstić information content (AvgIpc) is 2.56. The summed E-state index contributed by atoms with van der Waals surface area (Å²) in [5.41, 5.74) is 2.04. The summed E-state index contributed by atoms with van der Waals surface area (Å²) in [5, 5.41) is 0. The molecule has 0 N–H and O–H groups in total. The number of halogens is 1. The number of likely N-dealkylation sites (tertiary alicyclic amines) is 1. The van der Waals surface area contributed by atoms with Crippen molar-refractivity contribution in [2.75, 3.05) is 31.1 Å². The van der Waals surface area contributed by atoms with Crippen molar-refractivity contribution >= 4 is 17.5 Å². The van der Waals surface area contributed by atoms with Crippen LogP contribution < -0.4 is 4.90 Å². The smallest absolute Gasteiger partial charge is 0.225 e. The molecule has 0 saturated carbocycles. The fraction of sp³-hybridized carbons (Fsp3) is 0.750. The van der Waals surface area contributed by atoms with Crippen LogP contribution in [0.1, 0.15) is 43.4 Å². The molecule has 0 amide bonds. The standard InChI is InChI=1S/C16H25ClN4/c1-13-14(11-17)12-18-16(19-13)21-9-5-15(6-10-21)20-7-3-2-4-8-20/h12,15H,2-11H2,1H3. The van der Waals surface area contributed by atoms with E-state index >= 15 is 0 Å². The Hall–Kier alpha value is -0.870. The molecule has 2 aliphatic heterocycles. The molecular formula is C16H25ClN4. The highest BCUT2D eigenvalue weighted by Crippen LogP contribution is 2.23. The molecule has 1 aromatic heterocycles. The van der Waals surface area contributed by atoms with Crippen LogP contribution in [0.2, 0.25) is 0 Å². The Balaban J connectivity index is 1.58. The van der Waals surface area contributed by atoms with E-state index in [1.807, 2.05) is 13.1 Å². The second kappa shape index (κ2) is 6.93. The highest BCUT2D eigenvalue weighted by atomic mass is 35.5. The zero-order valence-electron chi connectivity index (χ0n) is 12.9. The third-order valence-corrected chi connectivity index (χ3v) is 5.15. The lowest BCUT2D eigenvalue weighted by molar-refractivity contribution is 0.141. The first kappa shape index (κ1) is 15.0. The number of aryl methyl sites for hydroxylation is 1. The van der Waals surface area contributed by atoms with Gasteiger partial charge in [-0.05, 0) is 45.7 Å². The van der Waals surface area contributed by atoms with E-state index in [9.17, 15) is 0 Å². The summed E-state index contributed by atoms with van der Waals surface area (Å²) in [6.07, 6.45) is 8.51. The first-order valence-electron chi connectivity index (χ1n) is 8.15. The van der Waals surface area contributed by atoms with Crippen molar-refractivity contribution in [2.24, 2.45) is 0 Å². The third-order valence-electron chi connectivity index (χ3n) is 4.87. The fourth-order valence-electron chi connectivity index (χ4n) is 3.48. The monoisotopic (exact) mass is 308 g/mol. The van der Waals surface area contributed by atoms with Crippen LogP contribution in [0.15, 0.2) is 6.20 Å². The summed E-state index contributed by atoms with van der Waals surface area (Å²) in [6.45, 7) is 6.75. The molecule has 0 unspecified atom stereocenters. The topological polar surface area (TPSA) is 32.3 Å². The third kappa shape index (κ3) is 3.49. The number of nitrogens with zero attached hydrogens (tertiary/aromatic N) is 4. The first-order valence-corrected chi connectivity index (χ1v) is 8.69. The second-order valence-corrected chi connectivity index (χ2v) is 6.50. The molecule has 0 radical (unpaired) electrons. The molecule has 0 atom stereocenters. The summed E-state index contributed by atoms with van der Waals surface area (Å²) < 4.78 is 0. The average molecular weight is 309 g/mol. The van der Waals surface area contributed by atoms with E-state index < -0.39 is 0 Å². The lowest BCUT2D eigenvalue weighted by Crippen LogP contribution is -2.47. The SMILES string of the molecule is Cc1nc(N2CCC(N3CCCCC3)CC2)ncc1CCl. The van der Waals surface area contributed by atoms with Crippen LogP contribution in [-0.2, 0) is 5.88 Å². The van der Waals surface area contributed by atoms with Gasteiger partial charge in [0.15, 0.2) is 0 Å². The van der Waals surface area contributed by atoms with Crippen LogP contribution >= 0.6 is 11.6 Å². The maximum Gasteiger partial charge on any atom is 0.225 e. The highest BCUT2D eigenvalue weighted by Gasteiger charge is 2.26. The van der Waals surface area contributed by atoms with Gasteiger partial charge in [-0.2, -0.15) is 0 Å². The normalized spacial score (nSPS) is 21.7. The molecular weight excluding hydrogens is 284 g/mol. The van der Waals surface area contributed by atoms with Crippen LogP contribution in [0.5, 0.6) is 0 Å². The van der Waals surface area contributed by atoms with Gasteiger partial charge in [-0.25, -0.2) is 9.97 Å². The van der Waals surface area contributed by atoms with Gasteiger partial charge < -0.3 is 9.80 Å². The molecule has 1 aromatic rings. The minimum atomic E-state index is 0.489. The van der Waals surface area contributed by atoms with Crippen molar-refractivity contribution in [3.05, 3.63) is 17.5 Å². The molecule has 2 aliphatic rings. The maximum absolute atomic E-state index is 5.88. The van der Waals surface area contributed by atoms with Crippen LogP contribution in [-0.4, -0.2) is 47.1 Å². The number of aromatic nitrogens is 2. The van der Waals surface area contributed by atoms with Gasteiger partial charge in [-0.15, -0.1) is 11.6 Å². The van der Waals surface area contributed by atoms with Crippen molar-refractivity contribution in [2.45, 2.75) is 50.9 Å². The van der Waals surface area contributed by atoms with Crippen molar-refractivity contribution in [3.8, 4) is 0 Å². The molecule has 116 valence electrons. The molecule has 0 aliphatic carbocycles. The number of anilines is 1. The predicted octanol–water partition coefficient (Wildman–Crippen LogP) is 2.98. The molecule has 0 spiro atoms. The number of hydrogen-bond acceptors (Lipinski definition) is 4. The second-order valence-electron chi connectivity index (χ2n) is 6.23. The largest absolute Gasteiger partial charge is 0.341 e. The maximum atomic E-state index is 5.88. The lowest BCUT2D eigenvalue weighted by atomic mass is 10.00. The Labute approximate surface area is 132 Å². The van der Waals surface area contributed by atoms with E-state index in [0.717, 1.165) is 36.3 Å². The Kier molecular flexibility index (Phi) is 4.96. The molecule has 4 nitrogen and oxygen atoms in total. The van der Waals surface area contributed by atoms with Gasteiger partial charge in [0.25, 0.3) is 0 Å². The number of hydrogen-bond donors (Lipinski definition) is 0. The number of piperidine rings is 2. The molecule has 2 saturated heterocycles. The lowest BCUT2D eigenvalue weighted by Gasteiger charge is -2.40. The summed E-state index contributed by atoms with van der Waals surface area (Å²) in [6, 6.07) is 0.768. The Morgan fingerprint density at radius 3 is 2.48 bits per heavy atom.